The third-order valence-electron chi connectivity index (χ3n) is 3.70. The number of benzene rings is 1. The zero-order valence-electron chi connectivity index (χ0n) is 11.6. The Morgan fingerprint density at radius 3 is 2.85 bits per heavy atom. The maximum atomic E-state index is 10.9. The van der Waals surface area contributed by atoms with Crippen molar-refractivity contribution < 1.29 is 4.92 Å². The average Bonchev–Trinajstić information content (AvgIpc) is 2.49. The van der Waals surface area contributed by atoms with Gasteiger partial charge < -0.3 is 5.32 Å². The molecule has 0 amide bonds. The maximum Gasteiger partial charge on any atom is 0.269 e. The molecule has 1 N–H and O–H groups in total. The molecular weight excluding hydrogens is 254 g/mol. The van der Waals surface area contributed by atoms with E-state index in [2.05, 4.69) is 16.8 Å². The third-order valence-corrected chi connectivity index (χ3v) is 3.70. The highest BCUT2D eigenvalue weighted by Crippen LogP contribution is 2.28. The van der Waals surface area contributed by atoms with Crippen molar-refractivity contribution in [3.8, 4) is 0 Å². The second-order valence-corrected chi connectivity index (χ2v) is 5.02. The van der Waals surface area contributed by atoms with Crippen LogP contribution >= 0.6 is 0 Å². The van der Waals surface area contributed by atoms with Crippen LogP contribution < -0.4 is 5.32 Å². The van der Waals surface area contributed by atoms with Crippen LogP contribution in [-0.2, 0) is 0 Å². The van der Waals surface area contributed by atoms with Crippen molar-refractivity contribution in [3.05, 3.63) is 52.6 Å². The van der Waals surface area contributed by atoms with E-state index in [9.17, 15) is 10.1 Å². The molecule has 1 aliphatic heterocycles. The third kappa shape index (κ3) is 3.65. The van der Waals surface area contributed by atoms with E-state index in [1.165, 1.54) is 0 Å². The minimum atomic E-state index is -0.328. The summed E-state index contributed by atoms with van der Waals surface area (Å²) in [5.74, 6) is 0. The van der Waals surface area contributed by atoms with Gasteiger partial charge in [0.1, 0.15) is 0 Å². The Hall–Kier alpha value is -1.72. The second-order valence-electron chi connectivity index (χ2n) is 5.02. The summed E-state index contributed by atoms with van der Waals surface area (Å²) >= 11 is 0. The largest absolute Gasteiger partial charge is 0.314 e. The van der Waals surface area contributed by atoms with Gasteiger partial charge in [0.15, 0.2) is 0 Å². The highest BCUT2D eigenvalue weighted by Gasteiger charge is 2.22. The van der Waals surface area contributed by atoms with E-state index in [-0.39, 0.29) is 16.7 Å². The van der Waals surface area contributed by atoms with Gasteiger partial charge in [0, 0.05) is 44.4 Å². The number of piperazine rings is 1. The van der Waals surface area contributed by atoms with E-state index in [0.717, 1.165) is 44.6 Å². The molecule has 0 spiro atoms. The molecule has 0 bridgehead atoms. The van der Waals surface area contributed by atoms with Crippen molar-refractivity contribution in [3.63, 3.8) is 0 Å². The van der Waals surface area contributed by atoms with E-state index >= 15 is 0 Å². The lowest BCUT2D eigenvalue weighted by molar-refractivity contribution is -0.385. The van der Waals surface area contributed by atoms with Gasteiger partial charge in [-0.3, -0.25) is 15.0 Å². The average molecular weight is 275 g/mol. The van der Waals surface area contributed by atoms with Crippen molar-refractivity contribution in [2.45, 2.75) is 18.9 Å². The first-order chi connectivity index (χ1) is 9.72. The molecule has 5 heteroatoms. The molecule has 2 rings (SSSR count). The normalized spacial score (nSPS) is 17.6. The molecule has 1 aromatic rings. The molecule has 1 aliphatic rings. The molecule has 1 atom stereocenters. The molecule has 0 radical (unpaired) electrons. The number of rotatable bonds is 6. The minimum Gasteiger partial charge on any atom is -0.314 e. The van der Waals surface area contributed by atoms with Crippen LogP contribution in [0.4, 0.5) is 5.69 Å². The van der Waals surface area contributed by atoms with Gasteiger partial charge in [-0.15, -0.1) is 6.58 Å². The maximum absolute atomic E-state index is 10.9. The first-order valence-electron chi connectivity index (χ1n) is 7.02. The number of hydrogen-bond acceptors (Lipinski definition) is 4. The first kappa shape index (κ1) is 14.7. The summed E-state index contributed by atoms with van der Waals surface area (Å²) in [7, 11) is 0. The minimum absolute atomic E-state index is 0.168. The molecule has 1 fully saturated rings. The molecule has 20 heavy (non-hydrogen) atoms. The van der Waals surface area contributed by atoms with E-state index < -0.39 is 0 Å². The summed E-state index contributed by atoms with van der Waals surface area (Å²) in [6.45, 7) is 7.67. The van der Waals surface area contributed by atoms with Crippen LogP contribution in [-0.4, -0.2) is 36.0 Å². The number of hydrogen-bond donors (Lipinski definition) is 1. The predicted molar refractivity (Wildman–Crippen MR) is 79.7 cm³/mol. The quantitative estimate of drug-likeness (QED) is 0.492. The molecule has 5 nitrogen and oxygen atoms in total. The predicted octanol–water partition coefficient (Wildman–Crippen LogP) is 2.51. The van der Waals surface area contributed by atoms with Crippen molar-refractivity contribution >= 4 is 5.69 Å². The molecule has 0 aromatic heterocycles. The lowest BCUT2D eigenvalue weighted by atomic mass is 9.99. The first-order valence-corrected chi connectivity index (χ1v) is 7.02. The number of non-ortho nitro benzene ring substituents is 1. The van der Waals surface area contributed by atoms with Crippen LogP contribution in [0.3, 0.4) is 0 Å². The molecule has 0 unspecified atom stereocenters. The Kier molecular flexibility index (Phi) is 5.26. The van der Waals surface area contributed by atoms with Crippen LogP contribution in [0.5, 0.6) is 0 Å². The van der Waals surface area contributed by atoms with Crippen LogP contribution in [0, 0.1) is 10.1 Å². The van der Waals surface area contributed by atoms with Gasteiger partial charge in [-0.2, -0.15) is 0 Å². The summed E-state index contributed by atoms with van der Waals surface area (Å²) in [6, 6.07) is 7.25. The summed E-state index contributed by atoms with van der Waals surface area (Å²) < 4.78 is 0. The van der Waals surface area contributed by atoms with Gasteiger partial charge >= 0.3 is 0 Å². The van der Waals surface area contributed by atoms with E-state index in [1.54, 1.807) is 18.2 Å². The van der Waals surface area contributed by atoms with Crippen LogP contribution in [0.15, 0.2) is 36.9 Å². The second kappa shape index (κ2) is 7.17. The van der Waals surface area contributed by atoms with Crippen molar-refractivity contribution in [1.82, 2.24) is 10.2 Å². The zero-order chi connectivity index (χ0) is 14.4. The lowest BCUT2D eigenvalue weighted by Gasteiger charge is -2.35. The molecule has 0 saturated carbocycles. The number of nitrogens with zero attached hydrogens (tertiary/aromatic N) is 2. The van der Waals surface area contributed by atoms with E-state index in [0.29, 0.717) is 0 Å². The highest BCUT2D eigenvalue weighted by molar-refractivity contribution is 5.36. The van der Waals surface area contributed by atoms with Crippen LogP contribution in [0.25, 0.3) is 0 Å². The summed E-state index contributed by atoms with van der Waals surface area (Å²) in [5, 5.41) is 14.3. The summed E-state index contributed by atoms with van der Waals surface area (Å²) in [6.07, 6.45) is 3.77. The zero-order valence-corrected chi connectivity index (χ0v) is 11.6. The fourth-order valence-electron chi connectivity index (χ4n) is 2.68. The van der Waals surface area contributed by atoms with Gasteiger partial charge in [0.05, 0.1) is 4.92 Å². The van der Waals surface area contributed by atoms with Crippen LogP contribution in [0.1, 0.15) is 24.4 Å². The van der Waals surface area contributed by atoms with Gasteiger partial charge in [0.2, 0.25) is 0 Å². The molecule has 0 aliphatic carbocycles. The van der Waals surface area contributed by atoms with Gasteiger partial charge in [-0.25, -0.2) is 0 Å². The Labute approximate surface area is 119 Å². The molecule has 1 saturated heterocycles. The Balaban J connectivity index is 2.22. The summed E-state index contributed by atoms with van der Waals surface area (Å²) in [4.78, 5) is 13.0. The van der Waals surface area contributed by atoms with Gasteiger partial charge in [-0.1, -0.05) is 18.2 Å². The Bertz CT molecular complexity index is 470. The number of nitrogens with one attached hydrogen (secondary N) is 1. The molecule has 1 heterocycles. The summed E-state index contributed by atoms with van der Waals surface area (Å²) in [5.41, 5.74) is 1.20. The van der Waals surface area contributed by atoms with E-state index in [4.69, 9.17) is 0 Å². The standard InChI is InChI=1S/C15H21N3O2/c1-2-3-7-15(17-10-8-16-9-11-17)13-5-4-6-14(12-13)18(19)20/h2,4-6,12,15-16H,1,3,7-11H2/t15-/m1/s1. The van der Waals surface area contributed by atoms with Crippen molar-refractivity contribution in [1.29, 1.82) is 0 Å². The van der Waals surface area contributed by atoms with Crippen molar-refractivity contribution in [2.24, 2.45) is 0 Å². The SMILES string of the molecule is C=CCC[C@H](c1cccc([N+](=O)[O-])c1)N1CCNCC1. The molecule has 1 aromatic carbocycles. The topological polar surface area (TPSA) is 58.4 Å². The fraction of sp³-hybridized carbons (Fsp3) is 0.467. The fourth-order valence-corrected chi connectivity index (χ4v) is 2.68. The smallest absolute Gasteiger partial charge is 0.269 e. The lowest BCUT2D eigenvalue weighted by Crippen LogP contribution is -2.45. The van der Waals surface area contributed by atoms with Gasteiger partial charge in [-0.05, 0) is 18.4 Å². The Morgan fingerprint density at radius 2 is 2.20 bits per heavy atom. The number of allylic oxidation sites excluding steroid dienone is 1. The monoisotopic (exact) mass is 275 g/mol. The van der Waals surface area contributed by atoms with Crippen molar-refractivity contribution in [2.75, 3.05) is 26.2 Å². The van der Waals surface area contributed by atoms with E-state index in [1.807, 2.05) is 12.1 Å². The molecular formula is C15H21N3O2. The number of nitro benzene ring substituents is 1. The Morgan fingerprint density at radius 1 is 1.45 bits per heavy atom. The number of nitro groups is 1. The van der Waals surface area contributed by atoms with Crippen LogP contribution in [0.2, 0.25) is 0 Å². The highest BCUT2D eigenvalue weighted by atomic mass is 16.6. The molecule has 108 valence electrons. The van der Waals surface area contributed by atoms with Gasteiger partial charge in [0.25, 0.3) is 5.69 Å².